The van der Waals surface area contributed by atoms with Crippen LogP contribution in [0.4, 0.5) is 0 Å². The summed E-state index contributed by atoms with van der Waals surface area (Å²) in [5.74, 6) is 0. The third-order valence-corrected chi connectivity index (χ3v) is 1.68. The number of H-pyrrole nitrogens is 1. The van der Waals surface area contributed by atoms with E-state index in [-0.39, 0.29) is 74.5 Å². The molecule has 0 atom stereocenters. The quantitative estimate of drug-likeness (QED) is 0.770. The van der Waals surface area contributed by atoms with Crippen molar-refractivity contribution in [3.8, 4) is 0 Å². The zero-order chi connectivity index (χ0) is 7.68. The van der Waals surface area contributed by atoms with Crippen molar-refractivity contribution in [2.24, 2.45) is 0 Å². The van der Waals surface area contributed by atoms with Crippen molar-refractivity contribution < 1.29 is 0 Å². The van der Waals surface area contributed by atoms with Crippen LogP contribution in [0.1, 0.15) is 0 Å². The standard InChI is InChI=1S/C9H7NO.Cs/c11-9-8-4-2-1-3-7(8)5-6-10-9;/h1-6H,(H,10,11);. The first kappa shape index (κ1) is 10.6. The molecule has 0 unspecified atom stereocenters. The average Bonchev–Trinajstić information content (AvgIpc) is 2.06. The summed E-state index contributed by atoms with van der Waals surface area (Å²) in [6, 6.07) is 9.40. The molecule has 2 aromatic rings. The second-order valence-electron chi connectivity index (χ2n) is 2.39. The van der Waals surface area contributed by atoms with Gasteiger partial charge in [0.15, 0.2) is 0 Å². The summed E-state index contributed by atoms with van der Waals surface area (Å²) >= 11 is 0. The molecular formula is C9H7CsNO. The Kier molecular flexibility index (Phi) is 4.09. The first-order chi connectivity index (χ1) is 5.38. The van der Waals surface area contributed by atoms with Crippen LogP contribution in [-0.2, 0) is 0 Å². The number of fused-ring (bicyclic) bond motifs is 1. The second-order valence-corrected chi connectivity index (χ2v) is 2.39. The number of hydrogen-bond donors (Lipinski definition) is 1. The Morgan fingerprint density at radius 3 is 2.58 bits per heavy atom. The van der Waals surface area contributed by atoms with Crippen LogP contribution >= 0.6 is 0 Å². The number of aromatic nitrogens is 1. The van der Waals surface area contributed by atoms with Crippen molar-refractivity contribution >= 4 is 79.7 Å². The second kappa shape index (κ2) is 4.64. The van der Waals surface area contributed by atoms with Crippen molar-refractivity contribution in [1.82, 2.24) is 4.98 Å². The molecular weight excluding hydrogens is 271 g/mol. The van der Waals surface area contributed by atoms with Gasteiger partial charge in [0, 0.05) is 80.5 Å². The third kappa shape index (κ3) is 2.04. The van der Waals surface area contributed by atoms with E-state index in [0.29, 0.717) is 0 Å². The van der Waals surface area contributed by atoms with Gasteiger partial charge in [-0.2, -0.15) is 0 Å². The maximum absolute atomic E-state index is 11.1. The minimum Gasteiger partial charge on any atom is -0.329 e. The molecule has 1 radical (unpaired) electrons. The third-order valence-electron chi connectivity index (χ3n) is 1.68. The Morgan fingerprint density at radius 1 is 1.08 bits per heavy atom. The van der Waals surface area contributed by atoms with E-state index >= 15 is 0 Å². The van der Waals surface area contributed by atoms with Gasteiger partial charge in [-0.1, -0.05) is 18.2 Å². The number of benzene rings is 1. The number of aromatic amines is 1. The summed E-state index contributed by atoms with van der Waals surface area (Å²) < 4.78 is 0. The van der Waals surface area contributed by atoms with Crippen LogP contribution in [0.2, 0.25) is 0 Å². The van der Waals surface area contributed by atoms with E-state index in [0.717, 1.165) is 10.8 Å². The maximum Gasteiger partial charge on any atom is 0.255 e. The van der Waals surface area contributed by atoms with Crippen LogP contribution < -0.4 is 5.56 Å². The summed E-state index contributed by atoms with van der Waals surface area (Å²) in [5.41, 5.74) is -0.0249. The van der Waals surface area contributed by atoms with Gasteiger partial charge in [0.05, 0.1) is 0 Å². The van der Waals surface area contributed by atoms with Gasteiger partial charge >= 0.3 is 0 Å². The summed E-state index contributed by atoms with van der Waals surface area (Å²) in [5, 5.41) is 1.73. The molecule has 1 aromatic heterocycles. The fraction of sp³-hybridized carbons (Fsp3) is 0. The van der Waals surface area contributed by atoms with Crippen molar-refractivity contribution in [3.63, 3.8) is 0 Å². The SMILES string of the molecule is O=c1[nH]ccc2ccccc12.[Cs]. The minimum absolute atomic E-state index is 0. The van der Waals surface area contributed by atoms with Crippen LogP contribution in [0, 0.1) is 0 Å². The van der Waals surface area contributed by atoms with Gasteiger partial charge in [-0.05, 0) is 17.5 Å². The molecule has 0 bridgehead atoms. The Labute approximate surface area is 129 Å². The van der Waals surface area contributed by atoms with Crippen LogP contribution in [0.5, 0.6) is 0 Å². The molecule has 2 rings (SSSR count). The molecule has 3 heteroatoms. The van der Waals surface area contributed by atoms with Gasteiger partial charge in [0.2, 0.25) is 0 Å². The van der Waals surface area contributed by atoms with Crippen LogP contribution in [0.25, 0.3) is 10.8 Å². The van der Waals surface area contributed by atoms with E-state index in [4.69, 9.17) is 0 Å². The summed E-state index contributed by atoms with van der Waals surface area (Å²) in [6.07, 6.45) is 1.66. The normalized spacial score (nSPS) is 9.33. The monoisotopic (exact) mass is 278 g/mol. The van der Waals surface area contributed by atoms with Gasteiger partial charge in [-0.15, -0.1) is 0 Å². The van der Waals surface area contributed by atoms with Crippen LogP contribution in [0.3, 0.4) is 0 Å². The molecule has 0 spiro atoms. The molecule has 0 aliphatic carbocycles. The largest absolute Gasteiger partial charge is 0.329 e. The van der Waals surface area contributed by atoms with Gasteiger partial charge < -0.3 is 4.98 Å². The zero-order valence-corrected chi connectivity index (χ0v) is 13.2. The number of rotatable bonds is 0. The molecule has 0 aliphatic rings. The summed E-state index contributed by atoms with van der Waals surface area (Å²) in [7, 11) is 0. The van der Waals surface area contributed by atoms with Crippen molar-refractivity contribution in [2.75, 3.05) is 0 Å². The molecule has 0 saturated heterocycles. The van der Waals surface area contributed by atoms with Crippen molar-refractivity contribution in [1.29, 1.82) is 0 Å². The van der Waals surface area contributed by atoms with Gasteiger partial charge in [0.1, 0.15) is 0 Å². The molecule has 1 heterocycles. The Balaban J connectivity index is 0.000000720. The smallest absolute Gasteiger partial charge is 0.255 e. The summed E-state index contributed by atoms with van der Waals surface area (Å²) in [4.78, 5) is 13.7. The van der Waals surface area contributed by atoms with E-state index in [1.807, 2.05) is 30.3 Å². The maximum atomic E-state index is 11.1. The molecule has 0 fully saturated rings. The fourth-order valence-corrected chi connectivity index (χ4v) is 1.13. The zero-order valence-electron chi connectivity index (χ0n) is 6.87. The predicted octanol–water partition coefficient (Wildman–Crippen LogP) is 1.15. The van der Waals surface area contributed by atoms with E-state index in [2.05, 4.69) is 4.98 Å². The van der Waals surface area contributed by atoms with Crippen molar-refractivity contribution in [3.05, 3.63) is 46.9 Å². The van der Waals surface area contributed by atoms with Gasteiger partial charge in [-0.25, -0.2) is 0 Å². The average molecular weight is 278 g/mol. The molecule has 0 saturated carbocycles. The molecule has 55 valence electrons. The molecule has 0 amide bonds. The molecule has 1 aromatic carbocycles. The summed E-state index contributed by atoms with van der Waals surface area (Å²) in [6.45, 7) is 0. The Bertz CT molecular complexity index is 430. The molecule has 1 N–H and O–H groups in total. The number of pyridine rings is 1. The van der Waals surface area contributed by atoms with Crippen LogP contribution in [0.15, 0.2) is 41.3 Å². The van der Waals surface area contributed by atoms with E-state index in [9.17, 15) is 4.79 Å². The molecule has 0 aliphatic heterocycles. The molecule has 2 nitrogen and oxygen atoms in total. The number of nitrogens with one attached hydrogen (secondary N) is 1. The van der Waals surface area contributed by atoms with Crippen LogP contribution in [-0.4, -0.2) is 73.9 Å². The Morgan fingerprint density at radius 2 is 1.83 bits per heavy atom. The first-order valence-electron chi connectivity index (χ1n) is 3.44. The van der Waals surface area contributed by atoms with E-state index in [1.165, 1.54) is 0 Å². The van der Waals surface area contributed by atoms with E-state index in [1.54, 1.807) is 6.20 Å². The fourth-order valence-electron chi connectivity index (χ4n) is 1.13. The van der Waals surface area contributed by atoms with Gasteiger partial charge in [-0.3, -0.25) is 4.79 Å². The predicted molar refractivity (Wildman–Crippen MR) is 50.3 cm³/mol. The first-order valence-corrected chi connectivity index (χ1v) is 3.44. The van der Waals surface area contributed by atoms with E-state index < -0.39 is 0 Å². The topological polar surface area (TPSA) is 32.9 Å². The Hall–Kier alpha value is 0.482. The minimum atomic E-state index is -0.0249. The molecule has 12 heavy (non-hydrogen) atoms. The number of hydrogen-bond acceptors (Lipinski definition) is 1. The van der Waals surface area contributed by atoms with Gasteiger partial charge in [0.25, 0.3) is 5.56 Å². The van der Waals surface area contributed by atoms with Crippen molar-refractivity contribution in [2.45, 2.75) is 0 Å².